The zero-order chi connectivity index (χ0) is 17.8. The molecule has 0 spiro atoms. The van der Waals surface area contributed by atoms with Crippen LogP contribution < -0.4 is 0 Å². The van der Waals surface area contributed by atoms with Gasteiger partial charge in [-0.15, -0.1) is 0 Å². The van der Waals surface area contributed by atoms with E-state index in [2.05, 4.69) is 15.9 Å². The van der Waals surface area contributed by atoms with Crippen molar-refractivity contribution in [3.05, 3.63) is 92.7 Å². The Bertz CT molecular complexity index is 958. The lowest BCUT2D eigenvalue weighted by atomic mass is 10.1. The number of hydrogen-bond acceptors (Lipinski definition) is 4. The largest absolute Gasteiger partial charge is 0.456 e. The molecule has 124 valence electrons. The molecule has 0 aliphatic heterocycles. The standard InChI is InChI=1S/C19H12BrNO4/c20-14-7-5-13(6-8-14)18(22)11-9-15-10-12-19(25-15)16-3-1-2-4-17(16)21(23)24/h1-12H. The molecule has 3 rings (SSSR count). The summed E-state index contributed by atoms with van der Waals surface area (Å²) >= 11 is 3.32. The van der Waals surface area contributed by atoms with Gasteiger partial charge < -0.3 is 4.42 Å². The van der Waals surface area contributed by atoms with E-state index >= 15 is 0 Å². The predicted molar refractivity (Wildman–Crippen MR) is 98.3 cm³/mol. The predicted octanol–water partition coefficient (Wildman–Crippen LogP) is 5.51. The van der Waals surface area contributed by atoms with Crippen molar-refractivity contribution in [2.75, 3.05) is 0 Å². The van der Waals surface area contributed by atoms with Crippen molar-refractivity contribution >= 4 is 33.5 Å². The Morgan fingerprint density at radius 1 is 1.04 bits per heavy atom. The van der Waals surface area contributed by atoms with Gasteiger partial charge >= 0.3 is 0 Å². The molecule has 0 bridgehead atoms. The van der Waals surface area contributed by atoms with Gasteiger partial charge in [0.25, 0.3) is 5.69 Å². The molecule has 0 N–H and O–H groups in total. The van der Waals surface area contributed by atoms with Crippen molar-refractivity contribution < 1.29 is 14.1 Å². The minimum absolute atomic E-state index is 0.0293. The molecular weight excluding hydrogens is 386 g/mol. The van der Waals surface area contributed by atoms with Crippen LogP contribution in [0.2, 0.25) is 0 Å². The van der Waals surface area contributed by atoms with Gasteiger partial charge in [0.15, 0.2) is 5.78 Å². The summed E-state index contributed by atoms with van der Waals surface area (Å²) in [4.78, 5) is 22.8. The Balaban J connectivity index is 1.81. The molecule has 6 heteroatoms. The Labute approximate surface area is 151 Å². The summed E-state index contributed by atoms with van der Waals surface area (Å²) in [6.45, 7) is 0. The molecule has 5 nitrogen and oxygen atoms in total. The fourth-order valence-corrected chi connectivity index (χ4v) is 2.56. The van der Waals surface area contributed by atoms with E-state index in [0.29, 0.717) is 22.6 Å². The van der Waals surface area contributed by atoms with Crippen molar-refractivity contribution in [1.29, 1.82) is 0 Å². The van der Waals surface area contributed by atoms with Crippen LogP contribution >= 0.6 is 15.9 Å². The van der Waals surface area contributed by atoms with Crippen LogP contribution in [0.3, 0.4) is 0 Å². The highest BCUT2D eigenvalue weighted by Gasteiger charge is 2.16. The highest BCUT2D eigenvalue weighted by molar-refractivity contribution is 9.10. The third kappa shape index (κ3) is 3.92. The highest BCUT2D eigenvalue weighted by atomic mass is 79.9. The number of nitrogens with zero attached hydrogens (tertiary/aromatic N) is 1. The quantitative estimate of drug-likeness (QED) is 0.246. The molecule has 0 aliphatic rings. The molecule has 0 fully saturated rings. The lowest BCUT2D eigenvalue weighted by Gasteiger charge is -1.98. The van der Waals surface area contributed by atoms with Gasteiger partial charge in [-0.3, -0.25) is 14.9 Å². The van der Waals surface area contributed by atoms with E-state index in [0.717, 1.165) is 4.47 Å². The first-order valence-electron chi connectivity index (χ1n) is 7.36. The molecule has 1 heterocycles. The highest BCUT2D eigenvalue weighted by Crippen LogP contribution is 2.31. The lowest BCUT2D eigenvalue weighted by Crippen LogP contribution is -1.92. The van der Waals surface area contributed by atoms with Crippen LogP contribution in [0.5, 0.6) is 0 Å². The first-order valence-corrected chi connectivity index (χ1v) is 8.15. The SMILES string of the molecule is O=C(C=Cc1ccc(-c2ccccc2[N+](=O)[O-])o1)c1ccc(Br)cc1. The maximum absolute atomic E-state index is 12.1. The van der Waals surface area contributed by atoms with Crippen LogP contribution in [-0.2, 0) is 0 Å². The normalized spacial score (nSPS) is 10.9. The van der Waals surface area contributed by atoms with Gasteiger partial charge in [0, 0.05) is 16.1 Å². The van der Waals surface area contributed by atoms with E-state index in [1.807, 2.05) is 0 Å². The third-order valence-electron chi connectivity index (χ3n) is 3.52. The number of carbonyl (C=O) groups excluding carboxylic acids is 1. The first kappa shape index (κ1) is 16.9. The van der Waals surface area contributed by atoms with Crippen LogP contribution in [-0.4, -0.2) is 10.7 Å². The van der Waals surface area contributed by atoms with E-state index in [9.17, 15) is 14.9 Å². The van der Waals surface area contributed by atoms with E-state index in [1.54, 1.807) is 60.7 Å². The monoisotopic (exact) mass is 397 g/mol. The Morgan fingerprint density at radius 2 is 1.76 bits per heavy atom. The van der Waals surface area contributed by atoms with Gasteiger partial charge in [0.2, 0.25) is 0 Å². The van der Waals surface area contributed by atoms with Gasteiger partial charge in [-0.1, -0.05) is 28.1 Å². The molecular formula is C19H12BrNO4. The van der Waals surface area contributed by atoms with Crippen molar-refractivity contribution in [1.82, 2.24) is 0 Å². The van der Waals surface area contributed by atoms with Gasteiger partial charge in [-0.2, -0.15) is 0 Å². The fraction of sp³-hybridized carbons (Fsp3) is 0. The van der Waals surface area contributed by atoms with Crippen LogP contribution in [0.1, 0.15) is 16.1 Å². The Kier molecular flexibility index (Phi) is 4.90. The van der Waals surface area contributed by atoms with Crippen molar-refractivity contribution in [2.24, 2.45) is 0 Å². The molecule has 0 amide bonds. The smallest absolute Gasteiger partial charge is 0.280 e. The maximum atomic E-state index is 12.1. The lowest BCUT2D eigenvalue weighted by molar-refractivity contribution is -0.384. The van der Waals surface area contributed by atoms with E-state index in [1.165, 1.54) is 12.1 Å². The zero-order valence-corrected chi connectivity index (χ0v) is 14.5. The Hall–Kier alpha value is -2.99. The minimum Gasteiger partial charge on any atom is -0.456 e. The molecule has 1 aromatic heterocycles. The number of furan rings is 1. The molecule has 25 heavy (non-hydrogen) atoms. The van der Waals surface area contributed by atoms with Crippen LogP contribution in [0.4, 0.5) is 5.69 Å². The number of halogens is 1. The minimum atomic E-state index is -0.454. The molecule has 0 saturated carbocycles. The second-order valence-corrected chi connectivity index (χ2v) is 6.10. The molecule has 2 aromatic carbocycles. The summed E-state index contributed by atoms with van der Waals surface area (Å²) in [7, 11) is 0. The van der Waals surface area contributed by atoms with Crippen molar-refractivity contribution in [2.45, 2.75) is 0 Å². The summed E-state index contributed by atoms with van der Waals surface area (Å²) in [5, 5.41) is 11.1. The first-order chi connectivity index (χ1) is 12.0. The summed E-state index contributed by atoms with van der Waals surface area (Å²) in [6, 6.07) is 16.7. The zero-order valence-electron chi connectivity index (χ0n) is 12.9. The van der Waals surface area contributed by atoms with Gasteiger partial charge in [0.1, 0.15) is 11.5 Å². The maximum Gasteiger partial charge on any atom is 0.280 e. The number of para-hydroxylation sites is 1. The van der Waals surface area contributed by atoms with Crippen LogP contribution in [0.15, 0.2) is 75.6 Å². The van der Waals surface area contributed by atoms with E-state index in [-0.39, 0.29) is 11.5 Å². The second kappa shape index (κ2) is 7.27. The molecule has 0 radical (unpaired) electrons. The average Bonchev–Trinajstić information content (AvgIpc) is 3.09. The fourth-order valence-electron chi connectivity index (χ4n) is 2.30. The number of hydrogen-bond donors (Lipinski definition) is 0. The van der Waals surface area contributed by atoms with Crippen molar-refractivity contribution in [3.63, 3.8) is 0 Å². The summed E-state index contributed by atoms with van der Waals surface area (Å²) in [5.41, 5.74) is 0.926. The second-order valence-electron chi connectivity index (χ2n) is 5.18. The van der Waals surface area contributed by atoms with Crippen LogP contribution in [0, 0.1) is 10.1 Å². The molecule has 0 aliphatic carbocycles. The van der Waals surface area contributed by atoms with E-state index in [4.69, 9.17) is 4.42 Å². The molecule has 0 saturated heterocycles. The van der Waals surface area contributed by atoms with Gasteiger partial charge in [0.05, 0.1) is 10.5 Å². The number of rotatable bonds is 5. The summed E-state index contributed by atoms with van der Waals surface area (Å²) in [5.74, 6) is 0.665. The van der Waals surface area contributed by atoms with Crippen molar-refractivity contribution in [3.8, 4) is 11.3 Å². The molecule has 3 aromatic rings. The molecule has 0 atom stereocenters. The average molecular weight is 398 g/mol. The van der Waals surface area contributed by atoms with Crippen LogP contribution in [0.25, 0.3) is 17.4 Å². The third-order valence-corrected chi connectivity index (χ3v) is 4.05. The number of carbonyl (C=O) groups is 1. The number of benzene rings is 2. The number of nitro benzene ring substituents is 1. The molecule has 0 unspecified atom stereocenters. The number of allylic oxidation sites excluding steroid dienone is 1. The summed E-state index contributed by atoms with van der Waals surface area (Å²) < 4.78 is 6.51. The van der Waals surface area contributed by atoms with Gasteiger partial charge in [-0.05, 0) is 54.6 Å². The topological polar surface area (TPSA) is 73.3 Å². The number of nitro groups is 1. The van der Waals surface area contributed by atoms with E-state index < -0.39 is 4.92 Å². The number of ketones is 1. The summed E-state index contributed by atoms with van der Waals surface area (Å²) in [6.07, 6.45) is 2.95. The Morgan fingerprint density at radius 3 is 2.48 bits per heavy atom. The van der Waals surface area contributed by atoms with Gasteiger partial charge in [-0.25, -0.2) is 0 Å².